The first-order valence-electron chi connectivity index (χ1n) is 10.4. The van der Waals surface area contributed by atoms with Crippen molar-refractivity contribution in [1.82, 2.24) is 4.72 Å². The molecule has 182 valence electrons. The third-order valence-electron chi connectivity index (χ3n) is 5.33. The Morgan fingerprint density at radius 3 is 2.09 bits per heavy atom. The van der Waals surface area contributed by atoms with Crippen molar-refractivity contribution in [3.8, 4) is 11.1 Å². The molecule has 0 spiro atoms. The third-order valence-corrected chi connectivity index (χ3v) is 7.82. The van der Waals surface area contributed by atoms with Crippen LogP contribution in [-0.2, 0) is 20.0 Å². The zero-order valence-corrected chi connectivity index (χ0v) is 19.7. The zero-order chi connectivity index (χ0) is 24.7. The van der Waals surface area contributed by atoms with Crippen LogP contribution in [0.1, 0.15) is 25.7 Å². The molecule has 2 aromatic carbocycles. The van der Waals surface area contributed by atoms with Gasteiger partial charge in [-0.2, -0.15) is 0 Å². The molecule has 4 rings (SSSR count). The highest BCUT2D eigenvalue weighted by molar-refractivity contribution is 7.92. The maximum absolute atomic E-state index is 14.9. The van der Waals surface area contributed by atoms with Crippen LogP contribution in [0.5, 0.6) is 0 Å². The van der Waals surface area contributed by atoms with Crippen molar-refractivity contribution < 1.29 is 30.0 Å². The van der Waals surface area contributed by atoms with Crippen molar-refractivity contribution in [2.75, 3.05) is 16.3 Å². The molecule has 0 bridgehead atoms. The van der Waals surface area contributed by atoms with Gasteiger partial charge in [-0.1, -0.05) is 18.2 Å². The van der Waals surface area contributed by atoms with Crippen LogP contribution >= 0.6 is 0 Å². The van der Waals surface area contributed by atoms with E-state index in [0.717, 1.165) is 6.26 Å². The number of rotatable bonds is 8. The predicted molar refractivity (Wildman–Crippen MR) is 125 cm³/mol. The molecule has 1 fully saturated rings. The van der Waals surface area contributed by atoms with Crippen LogP contribution in [0.3, 0.4) is 0 Å². The summed E-state index contributed by atoms with van der Waals surface area (Å²) in [6, 6.07) is 10.3. The molecule has 34 heavy (non-hydrogen) atoms. The van der Waals surface area contributed by atoms with Crippen molar-refractivity contribution in [3.05, 3.63) is 71.3 Å². The fraction of sp³-hybridized carbons (Fsp3) is 0.273. The molecule has 0 aliphatic heterocycles. The van der Waals surface area contributed by atoms with Gasteiger partial charge in [-0.15, -0.1) is 0 Å². The summed E-state index contributed by atoms with van der Waals surface area (Å²) in [5.41, 5.74) is 0.737. The summed E-state index contributed by atoms with van der Waals surface area (Å²) in [6.45, 7) is 0. The number of benzene rings is 2. The fourth-order valence-corrected chi connectivity index (χ4v) is 5.51. The predicted octanol–water partition coefficient (Wildman–Crippen LogP) is 4.51. The van der Waals surface area contributed by atoms with Gasteiger partial charge in [-0.05, 0) is 54.7 Å². The van der Waals surface area contributed by atoms with Crippen molar-refractivity contribution in [2.45, 2.75) is 30.9 Å². The van der Waals surface area contributed by atoms with Gasteiger partial charge in [0.1, 0.15) is 11.6 Å². The summed E-state index contributed by atoms with van der Waals surface area (Å²) in [5.74, 6) is -3.08. The Morgan fingerprint density at radius 2 is 1.50 bits per heavy atom. The Kier molecular flexibility index (Phi) is 6.38. The number of halogens is 3. The number of nitrogens with one attached hydrogen (secondary N) is 3. The van der Waals surface area contributed by atoms with E-state index in [9.17, 15) is 30.0 Å². The minimum Gasteiger partial charge on any atom is -0.349 e. The third kappa shape index (κ3) is 5.55. The molecule has 0 radical (unpaired) electrons. The first-order chi connectivity index (χ1) is 15.9. The second-order valence-electron chi connectivity index (χ2n) is 8.19. The van der Waals surface area contributed by atoms with Gasteiger partial charge in [0, 0.05) is 12.1 Å². The van der Waals surface area contributed by atoms with Crippen LogP contribution in [0.15, 0.2) is 65.5 Å². The number of allylic oxidation sites excluding steroid dienone is 3. The van der Waals surface area contributed by atoms with E-state index in [1.807, 2.05) is 0 Å². The molecule has 0 amide bonds. The second kappa shape index (κ2) is 8.99. The molecule has 7 nitrogen and oxygen atoms in total. The summed E-state index contributed by atoms with van der Waals surface area (Å²) in [7, 11) is -7.15. The Labute approximate surface area is 195 Å². The van der Waals surface area contributed by atoms with Crippen molar-refractivity contribution in [2.24, 2.45) is 0 Å². The van der Waals surface area contributed by atoms with E-state index in [4.69, 9.17) is 0 Å². The average molecular weight is 514 g/mol. The van der Waals surface area contributed by atoms with Gasteiger partial charge in [-0.25, -0.2) is 30.0 Å². The van der Waals surface area contributed by atoms with Crippen LogP contribution < -0.4 is 14.8 Å². The quantitative estimate of drug-likeness (QED) is 0.482. The summed E-state index contributed by atoms with van der Waals surface area (Å²) < 4.78 is 95.3. The highest BCUT2D eigenvalue weighted by Gasteiger charge is 2.37. The zero-order valence-electron chi connectivity index (χ0n) is 18.0. The van der Waals surface area contributed by atoms with Gasteiger partial charge in [0.05, 0.1) is 28.6 Å². The highest BCUT2D eigenvalue weighted by Crippen LogP contribution is 2.35. The van der Waals surface area contributed by atoms with Crippen LogP contribution in [0.4, 0.5) is 24.5 Å². The molecule has 0 saturated heterocycles. The maximum Gasteiger partial charge on any atom is 0.235 e. The largest absolute Gasteiger partial charge is 0.349 e. The van der Waals surface area contributed by atoms with Gasteiger partial charge in [0.2, 0.25) is 20.0 Å². The van der Waals surface area contributed by atoms with Gasteiger partial charge >= 0.3 is 0 Å². The van der Waals surface area contributed by atoms with E-state index in [0.29, 0.717) is 29.7 Å². The Balaban J connectivity index is 1.59. The van der Waals surface area contributed by atoms with E-state index in [2.05, 4.69) is 14.8 Å². The lowest BCUT2D eigenvalue weighted by Gasteiger charge is -2.22. The lowest BCUT2D eigenvalue weighted by molar-refractivity contribution is 0.497. The molecule has 3 N–H and O–H groups in total. The Hall–Kier alpha value is -2.99. The van der Waals surface area contributed by atoms with Gasteiger partial charge in [-0.3, -0.25) is 9.44 Å². The van der Waals surface area contributed by atoms with E-state index in [1.54, 1.807) is 18.2 Å². The van der Waals surface area contributed by atoms with E-state index in [1.165, 1.54) is 24.3 Å². The SMILES string of the molecule is CS(=O)(=O)Nc1ccc(-c2ccc(NC3=C(NS(=O)(=O)C4CC4)CCC(F)=C3F)c(F)c2)cc1. The molecule has 2 aliphatic carbocycles. The topological polar surface area (TPSA) is 104 Å². The van der Waals surface area contributed by atoms with Gasteiger partial charge in [0.25, 0.3) is 0 Å². The Bertz CT molecular complexity index is 1400. The van der Waals surface area contributed by atoms with Gasteiger partial charge in [0.15, 0.2) is 5.83 Å². The van der Waals surface area contributed by atoms with Crippen LogP contribution in [0.25, 0.3) is 11.1 Å². The first kappa shape index (κ1) is 24.1. The van der Waals surface area contributed by atoms with Crippen LogP contribution in [-0.4, -0.2) is 28.3 Å². The molecule has 2 aromatic rings. The molecule has 0 heterocycles. The maximum atomic E-state index is 14.9. The Morgan fingerprint density at radius 1 is 0.853 bits per heavy atom. The summed E-state index contributed by atoms with van der Waals surface area (Å²) in [6.07, 6.45) is 1.64. The normalized spacial score (nSPS) is 17.1. The molecule has 0 aromatic heterocycles. The number of hydrogen-bond acceptors (Lipinski definition) is 5. The number of hydrogen-bond donors (Lipinski definition) is 3. The van der Waals surface area contributed by atoms with Crippen LogP contribution in [0.2, 0.25) is 0 Å². The minimum atomic E-state index is -3.72. The molecular formula is C22H22F3N3O4S2. The second-order valence-corrected chi connectivity index (χ2v) is 11.9. The summed E-state index contributed by atoms with van der Waals surface area (Å²) in [4.78, 5) is 0. The number of sulfonamides is 2. The summed E-state index contributed by atoms with van der Waals surface area (Å²) >= 11 is 0. The lowest BCUT2D eigenvalue weighted by atomic mass is 10.0. The molecule has 12 heteroatoms. The van der Waals surface area contributed by atoms with Crippen molar-refractivity contribution >= 4 is 31.4 Å². The fourth-order valence-electron chi connectivity index (χ4n) is 3.48. The molecule has 2 aliphatic rings. The smallest absolute Gasteiger partial charge is 0.235 e. The molecule has 0 atom stereocenters. The van der Waals surface area contributed by atoms with Crippen molar-refractivity contribution in [3.63, 3.8) is 0 Å². The van der Waals surface area contributed by atoms with E-state index in [-0.39, 0.29) is 24.2 Å². The van der Waals surface area contributed by atoms with Gasteiger partial charge < -0.3 is 5.32 Å². The molecule has 0 unspecified atom stereocenters. The molecular weight excluding hydrogens is 491 g/mol. The number of anilines is 2. The lowest BCUT2D eigenvalue weighted by Crippen LogP contribution is -2.30. The van der Waals surface area contributed by atoms with E-state index >= 15 is 0 Å². The van der Waals surface area contributed by atoms with E-state index < -0.39 is 48.5 Å². The monoisotopic (exact) mass is 513 g/mol. The minimum absolute atomic E-state index is 0.0526. The highest BCUT2D eigenvalue weighted by atomic mass is 32.2. The standard InChI is InChI=1S/C22H22F3N3O4S2/c1-33(29,30)27-15-5-2-13(3-6-15)14-4-10-19(18(24)12-14)26-22-20(11-9-17(23)21(22)25)28-34(31,32)16-7-8-16/h2-6,10,12,16,26-28H,7-9,11H2,1H3. The first-order valence-corrected chi connectivity index (χ1v) is 13.8. The average Bonchev–Trinajstić information content (AvgIpc) is 3.60. The molecule has 1 saturated carbocycles. The van der Waals surface area contributed by atoms with Crippen LogP contribution in [0, 0.1) is 5.82 Å². The van der Waals surface area contributed by atoms with Crippen molar-refractivity contribution in [1.29, 1.82) is 0 Å². The summed E-state index contributed by atoms with van der Waals surface area (Å²) in [5, 5.41) is 1.94.